The van der Waals surface area contributed by atoms with Crippen molar-refractivity contribution in [3.8, 4) is 0 Å². The summed E-state index contributed by atoms with van der Waals surface area (Å²) in [5, 5.41) is 2.82. The summed E-state index contributed by atoms with van der Waals surface area (Å²) in [4.78, 5) is 0. The van der Waals surface area contributed by atoms with Gasteiger partial charge in [0.05, 0.1) is 0 Å². The maximum atomic E-state index is 3.82. The van der Waals surface area contributed by atoms with Crippen molar-refractivity contribution in [3.63, 3.8) is 0 Å². The fourth-order valence-corrected chi connectivity index (χ4v) is 3.00. The fraction of sp³-hybridized carbons (Fsp3) is 0.545. The molecule has 2 aromatic carbocycles. The Bertz CT molecular complexity index is 528. The molecule has 0 nitrogen and oxygen atoms in total. The van der Waals surface area contributed by atoms with Crippen molar-refractivity contribution in [2.24, 2.45) is 0 Å². The summed E-state index contributed by atoms with van der Waals surface area (Å²) in [6, 6.07) is 8.74. The van der Waals surface area contributed by atoms with Crippen LogP contribution in [-0.4, -0.2) is 0 Å². The summed E-state index contributed by atoms with van der Waals surface area (Å²) < 4.78 is 0. The molecular formula is C22H34Co. The third-order valence-electron chi connectivity index (χ3n) is 4.50. The van der Waals surface area contributed by atoms with Gasteiger partial charge in [-0.15, -0.1) is 34.5 Å². The third kappa shape index (κ3) is 7.63. The molecule has 0 saturated carbocycles. The molecule has 0 aromatic heterocycles. The van der Waals surface area contributed by atoms with E-state index in [4.69, 9.17) is 0 Å². The van der Waals surface area contributed by atoms with E-state index in [0.717, 1.165) is 6.42 Å². The maximum absolute atomic E-state index is 3.82. The molecule has 0 N–H and O–H groups in total. The number of aryl methyl sites for hydroxylation is 3. The molecule has 131 valence electrons. The van der Waals surface area contributed by atoms with Crippen molar-refractivity contribution in [3.05, 3.63) is 47.9 Å². The Labute approximate surface area is 154 Å². The zero-order valence-corrected chi connectivity index (χ0v) is 16.5. The van der Waals surface area contributed by atoms with Crippen LogP contribution in [0.3, 0.4) is 0 Å². The number of hydrogen-bond acceptors (Lipinski definition) is 0. The average Bonchev–Trinajstić information content (AvgIpc) is 2.80. The van der Waals surface area contributed by atoms with Crippen LogP contribution in [0.25, 0.3) is 10.8 Å². The van der Waals surface area contributed by atoms with Crippen molar-refractivity contribution in [2.45, 2.75) is 79.1 Å². The fourth-order valence-electron chi connectivity index (χ4n) is 3.00. The van der Waals surface area contributed by atoms with Crippen LogP contribution >= 0.6 is 0 Å². The number of rotatable bonds is 7. The number of benzene rings is 1. The van der Waals surface area contributed by atoms with E-state index in [0.29, 0.717) is 0 Å². The van der Waals surface area contributed by atoms with Gasteiger partial charge in [-0.1, -0.05) is 77.3 Å². The molecule has 0 saturated heterocycles. The van der Waals surface area contributed by atoms with Gasteiger partial charge >= 0.3 is 16.8 Å². The Balaban J connectivity index is 0.000000412. The Kier molecular flexibility index (Phi) is 12.4. The van der Waals surface area contributed by atoms with Crippen LogP contribution in [0.1, 0.15) is 75.0 Å². The van der Waals surface area contributed by atoms with E-state index in [1.54, 1.807) is 0 Å². The molecule has 0 unspecified atom stereocenters. The van der Waals surface area contributed by atoms with Gasteiger partial charge in [-0.2, -0.15) is 12.0 Å². The predicted molar refractivity (Wildman–Crippen MR) is 102 cm³/mol. The van der Waals surface area contributed by atoms with Crippen LogP contribution in [0, 0.1) is 27.7 Å². The molecular weight excluding hydrogens is 323 g/mol. The van der Waals surface area contributed by atoms with E-state index < -0.39 is 0 Å². The summed E-state index contributed by atoms with van der Waals surface area (Å²) >= 11 is 0. The minimum atomic E-state index is 0. The average molecular weight is 357 g/mol. The Morgan fingerprint density at radius 3 is 2.09 bits per heavy atom. The summed E-state index contributed by atoms with van der Waals surface area (Å²) in [6.45, 7) is 12.6. The zero-order valence-electron chi connectivity index (χ0n) is 15.5. The predicted octanol–water partition coefficient (Wildman–Crippen LogP) is 7.44. The second-order valence-corrected chi connectivity index (χ2v) is 6.47. The SMILES string of the molecule is Cc1[cH-]c2cccc(C)c2c1C.[CH2-]CCCCCCCCC.[Co+2]. The summed E-state index contributed by atoms with van der Waals surface area (Å²) in [7, 11) is 0. The third-order valence-corrected chi connectivity index (χ3v) is 4.50. The molecule has 0 spiro atoms. The molecule has 0 amide bonds. The van der Waals surface area contributed by atoms with Crippen molar-refractivity contribution in [2.75, 3.05) is 0 Å². The summed E-state index contributed by atoms with van der Waals surface area (Å²) in [5.74, 6) is 0. The number of fused-ring (bicyclic) bond motifs is 1. The first-order valence-electron chi connectivity index (χ1n) is 9.03. The Morgan fingerprint density at radius 1 is 0.913 bits per heavy atom. The molecule has 0 aliphatic carbocycles. The smallest absolute Gasteiger partial charge is 0.343 e. The minimum Gasteiger partial charge on any atom is -0.343 e. The van der Waals surface area contributed by atoms with Crippen LogP contribution in [0.4, 0.5) is 0 Å². The van der Waals surface area contributed by atoms with Crippen LogP contribution in [0.15, 0.2) is 24.3 Å². The van der Waals surface area contributed by atoms with E-state index in [9.17, 15) is 0 Å². The van der Waals surface area contributed by atoms with E-state index in [2.05, 4.69) is 58.9 Å². The second kappa shape index (κ2) is 12.7. The van der Waals surface area contributed by atoms with Gasteiger partial charge in [0.2, 0.25) is 0 Å². The van der Waals surface area contributed by atoms with E-state index in [1.807, 2.05) is 0 Å². The first kappa shape index (κ1) is 22.3. The molecule has 2 rings (SSSR count). The number of unbranched alkanes of at least 4 members (excludes halogenated alkanes) is 7. The van der Waals surface area contributed by atoms with Gasteiger partial charge in [0.15, 0.2) is 0 Å². The number of hydrogen-bond donors (Lipinski definition) is 0. The molecule has 0 aliphatic heterocycles. The van der Waals surface area contributed by atoms with Gasteiger partial charge in [0.1, 0.15) is 0 Å². The molecule has 23 heavy (non-hydrogen) atoms. The minimum absolute atomic E-state index is 0. The first-order valence-corrected chi connectivity index (χ1v) is 9.03. The molecule has 2 aromatic rings. The van der Waals surface area contributed by atoms with Gasteiger partial charge in [-0.25, -0.2) is 0 Å². The Morgan fingerprint density at radius 2 is 1.52 bits per heavy atom. The quantitative estimate of drug-likeness (QED) is 0.357. The van der Waals surface area contributed by atoms with Crippen LogP contribution in [-0.2, 0) is 16.8 Å². The largest absolute Gasteiger partial charge is 2.00 e. The van der Waals surface area contributed by atoms with Gasteiger partial charge in [0.25, 0.3) is 0 Å². The van der Waals surface area contributed by atoms with Gasteiger partial charge < -0.3 is 6.92 Å². The first-order chi connectivity index (χ1) is 10.6. The standard InChI is InChI=1S/C12H13.C10H21.Co/c1-8-5-4-6-11-7-9(2)10(3)12(8)11;1-3-5-7-9-10-8-6-4-2;/h4-7H,1-3H3;1,3-10H2,2H3;/q2*-1;+2. The summed E-state index contributed by atoms with van der Waals surface area (Å²) in [5.41, 5.74) is 4.22. The van der Waals surface area contributed by atoms with Crippen molar-refractivity contribution < 1.29 is 16.8 Å². The van der Waals surface area contributed by atoms with Crippen molar-refractivity contribution in [1.29, 1.82) is 0 Å². The van der Waals surface area contributed by atoms with Crippen molar-refractivity contribution in [1.82, 2.24) is 0 Å². The van der Waals surface area contributed by atoms with E-state index in [-0.39, 0.29) is 16.8 Å². The zero-order chi connectivity index (χ0) is 16.4. The maximum Gasteiger partial charge on any atom is 2.00 e. The van der Waals surface area contributed by atoms with E-state index >= 15 is 0 Å². The topological polar surface area (TPSA) is 0 Å². The van der Waals surface area contributed by atoms with Crippen molar-refractivity contribution >= 4 is 10.8 Å². The Hall–Kier alpha value is -0.664. The molecule has 0 fully saturated rings. The summed E-state index contributed by atoms with van der Waals surface area (Å²) in [6.07, 6.45) is 10.9. The monoisotopic (exact) mass is 357 g/mol. The molecule has 0 atom stereocenters. The second-order valence-electron chi connectivity index (χ2n) is 6.47. The van der Waals surface area contributed by atoms with Crippen LogP contribution in [0.2, 0.25) is 0 Å². The molecule has 1 radical (unpaired) electrons. The van der Waals surface area contributed by atoms with Crippen LogP contribution in [0.5, 0.6) is 0 Å². The molecule has 0 bridgehead atoms. The normalized spacial score (nSPS) is 10.1. The molecule has 0 aliphatic rings. The van der Waals surface area contributed by atoms with E-state index in [1.165, 1.54) is 72.4 Å². The molecule has 0 heterocycles. The molecule has 1 heteroatoms. The van der Waals surface area contributed by atoms with Gasteiger partial charge in [0, 0.05) is 0 Å². The van der Waals surface area contributed by atoms with Gasteiger partial charge in [-0.05, 0) is 6.92 Å². The van der Waals surface area contributed by atoms with Crippen LogP contribution < -0.4 is 0 Å². The van der Waals surface area contributed by atoms with Gasteiger partial charge in [-0.3, -0.25) is 0 Å².